The molecule has 7 heteroatoms. The maximum absolute atomic E-state index is 12.1. The van der Waals surface area contributed by atoms with E-state index < -0.39 is 16.0 Å². The van der Waals surface area contributed by atoms with Gasteiger partial charge in [-0.05, 0) is 18.6 Å². The maximum atomic E-state index is 12.1. The van der Waals surface area contributed by atoms with Gasteiger partial charge in [-0.1, -0.05) is 23.7 Å². The molecule has 5 nitrogen and oxygen atoms in total. The van der Waals surface area contributed by atoms with Crippen LogP contribution in [0.15, 0.2) is 29.2 Å². The van der Waals surface area contributed by atoms with E-state index in [4.69, 9.17) is 16.7 Å². The van der Waals surface area contributed by atoms with Crippen LogP contribution in [0.1, 0.15) is 12.8 Å². The molecule has 0 bridgehead atoms. The first-order chi connectivity index (χ1) is 8.35. The Morgan fingerprint density at radius 1 is 1.39 bits per heavy atom. The SMILES string of the molecule is CN(CCCC(=O)O)S(=O)(=O)c1ccccc1Cl. The molecule has 1 aromatic carbocycles. The lowest BCUT2D eigenvalue weighted by molar-refractivity contribution is -0.137. The predicted molar refractivity (Wildman–Crippen MR) is 68.1 cm³/mol. The number of carboxylic acid groups (broad SMARTS) is 1. The number of halogens is 1. The van der Waals surface area contributed by atoms with Gasteiger partial charge in [0.05, 0.1) is 5.02 Å². The molecule has 18 heavy (non-hydrogen) atoms. The zero-order valence-corrected chi connectivity index (χ0v) is 11.4. The molecule has 0 fully saturated rings. The zero-order chi connectivity index (χ0) is 13.8. The smallest absolute Gasteiger partial charge is 0.303 e. The molecule has 100 valence electrons. The molecule has 0 radical (unpaired) electrons. The normalized spacial score (nSPS) is 11.7. The third-order valence-electron chi connectivity index (χ3n) is 2.39. The van der Waals surface area contributed by atoms with E-state index >= 15 is 0 Å². The van der Waals surface area contributed by atoms with Crippen molar-refractivity contribution in [3.8, 4) is 0 Å². The van der Waals surface area contributed by atoms with E-state index in [0.717, 1.165) is 4.31 Å². The average Bonchev–Trinajstić information content (AvgIpc) is 2.28. The predicted octanol–water partition coefficient (Wildman–Crippen LogP) is 1.83. The van der Waals surface area contributed by atoms with Crippen molar-refractivity contribution >= 4 is 27.6 Å². The number of carboxylic acids is 1. The van der Waals surface area contributed by atoms with Gasteiger partial charge in [0.25, 0.3) is 0 Å². The first-order valence-electron chi connectivity index (χ1n) is 5.28. The molecule has 1 aromatic rings. The van der Waals surface area contributed by atoms with Gasteiger partial charge in [0.2, 0.25) is 10.0 Å². The van der Waals surface area contributed by atoms with E-state index in [1.54, 1.807) is 12.1 Å². The quantitative estimate of drug-likeness (QED) is 0.867. The number of benzene rings is 1. The second kappa shape index (κ2) is 6.17. The van der Waals surface area contributed by atoms with E-state index in [9.17, 15) is 13.2 Å². The first kappa shape index (κ1) is 14.9. The third kappa shape index (κ3) is 3.69. The zero-order valence-electron chi connectivity index (χ0n) is 9.84. The number of hydrogen-bond donors (Lipinski definition) is 1. The Hall–Kier alpha value is -1.11. The van der Waals surface area contributed by atoms with Crippen LogP contribution in [0.4, 0.5) is 0 Å². The molecule has 0 saturated heterocycles. The Morgan fingerprint density at radius 2 is 2.00 bits per heavy atom. The Balaban J connectivity index is 2.81. The second-order valence-corrected chi connectivity index (χ2v) is 6.17. The molecule has 0 aliphatic rings. The number of aliphatic carboxylic acids is 1. The first-order valence-corrected chi connectivity index (χ1v) is 7.10. The van der Waals surface area contributed by atoms with Gasteiger partial charge in [0.1, 0.15) is 4.90 Å². The lowest BCUT2D eigenvalue weighted by Crippen LogP contribution is -2.28. The van der Waals surface area contributed by atoms with Crippen LogP contribution in [0.2, 0.25) is 5.02 Å². The Kier molecular flexibility index (Phi) is 5.13. The molecular weight excluding hydrogens is 278 g/mol. The fraction of sp³-hybridized carbons (Fsp3) is 0.364. The summed E-state index contributed by atoms with van der Waals surface area (Å²) < 4.78 is 25.4. The minimum absolute atomic E-state index is 0.0319. The van der Waals surface area contributed by atoms with Gasteiger partial charge in [0, 0.05) is 20.0 Å². The van der Waals surface area contributed by atoms with Crippen molar-refractivity contribution in [2.24, 2.45) is 0 Å². The summed E-state index contributed by atoms with van der Waals surface area (Å²) in [6.45, 7) is 0.139. The molecule has 0 saturated carbocycles. The maximum Gasteiger partial charge on any atom is 0.303 e. The van der Waals surface area contributed by atoms with Crippen molar-refractivity contribution < 1.29 is 18.3 Å². The second-order valence-electron chi connectivity index (χ2n) is 3.75. The summed E-state index contributed by atoms with van der Waals surface area (Å²) in [6, 6.07) is 6.15. The summed E-state index contributed by atoms with van der Waals surface area (Å²) >= 11 is 5.84. The highest BCUT2D eigenvalue weighted by atomic mass is 35.5. The van der Waals surface area contributed by atoms with Crippen LogP contribution in [-0.4, -0.2) is 37.4 Å². The van der Waals surface area contributed by atoms with Crippen LogP contribution < -0.4 is 0 Å². The van der Waals surface area contributed by atoms with Gasteiger partial charge in [0.15, 0.2) is 0 Å². The van der Waals surface area contributed by atoms with Crippen molar-refractivity contribution in [3.05, 3.63) is 29.3 Å². The summed E-state index contributed by atoms with van der Waals surface area (Å²) in [5.41, 5.74) is 0. The lowest BCUT2D eigenvalue weighted by Gasteiger charge is -2.17. The standard InChI is InChI=1S/C11H14ClNO4S/c1-13(8-4-7-11(14)15)18(16,17)10-6-3-2-5-9(10)12/h2-3,5-6H,4,7-8H2,1H3,(H,14,15). The van der Waals surface area contributed by atoms with Crippen LogP contribution in [0, 0.1) is 0 Å². The molecule has 1 N–H and O–H groups in total. The van der Waals surface area contributed by atoms with Crippen LogP contribution in [0.25, 0.3) is 0 Å². The minimum Gasteiger partial charge on any atom is -0.481 e. The van der Waals surface area contributed by atoms with E-state index in [2.05, 4.69) is 0 Å². The van der Waals surface area contributed by atoms with Gasteiger partial charge in [-0.25, -0.2) is 12.7 Å². The number of hydrogen-bond acceptors (Lipinski definition) is 3. The molecule has 0 spiro atoms. The number of rotatable bonds is 6. The highest BCUT2D eigenvalue weighted by Crippen LogP contribution is 2.23. The summed E-state index contributed by atoms with van der Waals surface area (Å²) in [7, 11) is -2.26. The van der Waals surface area contributed by atoms with Gasteiger partial charge >= 0.3 is 5.97 Å². The van der Waals surface area contributed by atoms with Gasteiger partial charge in [-0.3, -0.25) is 4.79 Å². The molecule has 0 unspecified atom stereocenters. The average molecular weight is 292 g/mol. The summed E-state index contributed by atoms with van der Waals surface area (Å²) in [5.74, 6) is -0.946. The Bertz CT molecular complexity index is 530. The fourth-order valence-corrected chi connectivity index (χ4v) is 3.09. The van der Waals surface area contributed by atoms with Gasteiger partial charge in [-0.15, -0.1) is 0 Å². The summed E-state index contributed by atoms with van der Waals surface area (Å²) in [4.78, 5) is 10.4. The van der Waals surface area contributed by atoms with Crippen molar-refractivity contribution in [3.63, 3.8) is 0 Å². The van der Waals surface area contributed by atoms with Crippen molar-refractivity contribution in [2.45, 2.75) is 17.7 Å². The molecule has 0 heterocycles. The topological polar surface area (TPSA) is 74.7 Å². The Labute approximate surface area is 111 Å². The Morgan fingerprint density at radius 3 is 2.56 bits per heavy atom. The van der Waals surface area contributed by atoms with Gasteiger partial charge < -0.3 is 5.11 Å². The van der Waals surface area contributed by atoms with E-state index in [-0.39, 0.29) is 29.3 Å². The number of nitrogens with zero attached hydrogens (tertiary/aromatic N) is 1. The highest BCUT2D eigenvalue weighted by Gasteiger charge is 2.22. The molecule has 0 aliphatic carbocycles. The van der Waals surface area contributed by atoms with Crippen molar-refractivity contribution in [1.29, 1.82) is 0 Å². The molecule has 1 rings (SSSR count). The fourth-order valence-electron chi connectivity index (χ4n) is 1.39. The third-order valence-corrected chi connectivity index (χ3v) is 4.75. The number of sulfonamides is 1. The van der Waals surface area contributed by atoms with Crippen LogP contribution in [0.5, 0.6) is 0 Å². The van der Waals surface area contributed by atoms with Crippen LogP contribution in [0.3, 0.4) is 0 Å². The molecule has 0 atom stereocenters. The minimum atomic E-state index is -3.66. The number of carbonyl (C=O) groups is 1. The van der Waals surface area contributed by atoms with E-state index in [1.807, 2.05) is 0 Å². The van der Waals surface area contributed by atoms with E-state index in [0.29, 0.717) is 0 Å². The van der Waals surface area contributed by atoms with Crippen molar-refractivity contribution in [1.82, 2.24) is 4.31 Å². The molecular formula is C11H14ClNO4S. The summed E-state index contributed by atoms with van der Waals surface area (Å²) in [5, 5.41) is 8.66. The lowest BCUT2D eigenvalue weighted by atomic mass is 10.3. The van der Waals surface area contributed by atoms with Gasteiger partial charge in [-0.2, -0.15) is 0 Å². The monoisotopic (exact) mass is 291 g/mol. The van der Waals surface area contributed by atoms with Crippen LogP contribution in [-0.2, 0) is 14.8 Å². The molecule has 0 amide bonds. The van der Waals surface area contributed by atoms with E-state index in [1.165, 1.54) is 19.2 Å². The highest BCUT2D eigenvalue weighted by molar-refractivity contribution is 7.89. The van der Waals surface area contributed by atoms with Crippen LogP contribution >= 0.6 is 11.6 Å². The summed E-state index contributed by atoms with van der Waals surface area (Å²) in [6.07, 6.45) is 0.192. The van der Waals surface area contributed by atoms with Crippen molar-refractivity contribution in [2.75, 3.05) is 13.6 Å². The molecule has 0 aliphatic heterocycles. The molecule has 0 aromatic heterocycles. The largest absolute Gasteiger partial charge is 0.481 e.